The lowest BCUT2D eigenvalue weighted by Gasteiger charge is -2.20. The number of nitrogens with one attached hydrogen (secondary N) is 1. The van der Waals surface area contributed by atoms with Crippen molar-refractivity contribution in [1.29, 1.82) is 0 Å². The van der Waals surface area contributed by atoms with E-state index in [1.54, 1.807) is 6.08 Å². The lowest BCUT2D eigenvalue weighted by Crippen LogP contribution is -2.45. The van der Waals surface area contributed by atoms with Crippen molar-refractivity contribution < 1.29 is 24.5 Å². The van der Waals surface area contributed by atoms with Gasteiger partial charge in [-0.25, -0.2) is 0 Å². The largest absolute Gasteiger partial charge is 0.466 e. The molecule has 0 aromatic heterocycles. The molecule has 0 saturated heterocycles. The topological polar surface area (TPSA) is 95.9 Å². The Bertz CT molecular complexity index is 847. The Labute approximate surface area is 355 Å². The molecule has 6 nitrogen and oxygen atoms in total. The van der Waals surface area contributed by atoms with E-state index in [1.165, 1.54) is 212 Å². The number of hydrogen-bond donors (Lipinski definition) is 3. The molecule has 0 aliphatic heterocycles. The van der Waals surface area contributed by atoms with Crippen molar-refractivity contribution in [1.82, 2.24) is 5.32 Å². The molecule has 0 rings (SSSR count). The highest BCUT2D eigenvalue weighted by Gasteiger charge is 2.18. The number of carbonyl (C=O) groups excluding carboxylic acids is 2. The quantitative estimate of drug-likeness (QED) is 0.0323. The summed E-state index contributed by atoms with van der Waals surface area (Å²) >= 11 is 0. The average molecular weight is 806 g/mol. The van der Waals surface area contributed by atoms with Gasteiger partial charge in [0.05, 0.1) is 25.4 Å². The molecule has 0 aliphatic rings. The van der Waals surface area contributed by atoms with E-state index < -0.39 is 12.1 Å². The summed E-state index contributed by atoms with van der Waals surface area (Å²) in [6.07, 6.45) is 53.6. The van der Waals surface area contributed by atoms with Gasteiger partial charge in [0.15, 0.2) is 0 Å². The Morgan fingerprint density at radius 3 is 1.19 bits per heavy atom. The van der Waals surface area contributed by atoms with Crippen molar-refractivity contribution in [2.24, 2.45) is 0 Å². The number of aliphatic hydroxyl groups excluding tert-OH is 2. The highest BCUT2D eigenvalue weighted by atomic mass is 16.5. The summed E-state index contributed by atoms with van der Waals surface area (Å²) in [5.74, 6) is -0.0645. The van der Waals surface area contributed by atoms with Crippen molar-refractivity contribution in [3.8, 4) is 0 Å². The normalized spacial score (nSPS) is 12.7. The summed E-state index contributed by atoms with van der Waals surface area (Å²) in [4.78, 5) is 24.3. The zero-order chi connectivity index (χ0) is 41.5. The molecule has 2 atom stereocenters. The molecule has 3 N–H and O–H groups in total. The van der Waals surface area contributed by atoms with Crippen LogP contribution in [0.4, 0.5) is 0 Å². The zero-order valence-corrected chi connectivity index (χ0v) is 38.3. The predicted molar refractivity (Wildman–Crippen MR) is 246 cm³/mol. The first-order valence-electron chi connectivity index (χ1n) is 25.5. The van der Waals surface area contributed by atoms with E-state index >= 15 is 0 Å². The van der Waals surface area contributed by atoms with Crippen LogP contribution in [0.1, 0.15) is 277 Å². The Kier molecular flexibility index (Phi) is 46.1. The molecule has 0 radical (unpaired) electrons. The fourth-order valence-electron chi connectivity index (χ4n) is 7.87. The number of carbonyl (C=O) groups is 2. The molecule has 0 fully saturated rings. The summed E-state index contributed by atoms with van der Waals surface area (Å²) in [6, 6.07) is -0.626. The molecule has 0 spiro atoms. The first-order valence-corrected chi connectivity index (χ1v) is 25.5. The van der Waals surface area contributed by atoms with Crippen molar-refractivity contribution in [2.75, 3.05) is 13.2 Å². The lowest BCUT2D eigenvalue weighted by atomic mass is 10.0. The van der Waals surface area contributed by atoms with E-state index in [9.17, 15) is 19.8 Å². The third-order valence-electron chi connectivity index (χ3n) is 11.8. The number of rotatable bonds is 47. The molecule has 0 aromatic carbocycles. The lowest BCUT2D eigenvalue weighted by molar-refractivity contribution is -0.143. The maximum absolute atomic E-state index is 12.4. The van der Waals surface area contributed by atoms with Gasteiger partial charge in [-0.1, -0.05) is 244 Å². The minimum atomic E-state index is -0.842. The van der Waals surface area contributed by atoms with Gasteiger partial charge in [-0.2, -0.15) is 0 Å². The van der Waals surface area contributed by atoms with Crippen molar-refractivity contribution in [2.45, 2.75) is 289 Å². The Morgan fingerprint density at radius 2 is 0.807 bits per heavy atom. The van der Waals surface area contributed by atoms with E-state index in [4.69, 9.17) is 4.74 Å². The number of hydrogen-bond acceptors (Lipinski definition) is 5. The number of amides is 1. The van der Waals surface area contributed by atoms with Gasteiger partial charge in [-0.05, 0) is 32.1 Å². The van der Waals surface area contributed by atoms with Gasteiger partial charge in [0, 0.05) is 12.8 Å². The number of esters is 1. The molecule has 0 aliphatic carbocycles. The minimum absolute atomic E-state index is 0.00866. The minimum Gasteiger partial charge on any atom is -0.466 e. The number of ether oxygens (including phenoxy) is 1. The highest BCUT2D eigenvalue weighted by Crippen LogP contribution is 2.16. The highest BCUT2D eigenvalue weighted by molar-refractivity contribution is 5.76. The van der Waals surface area contributed by atoms with Crippen LogP contribution in [0, 0.1) is 0 Å². The van der Waals surface area contributed by atoms with E-state index in [0.717, 1.165) is 38.5 Å². The summed E-state index contributed by atoms with van der Waals surface area (Å²) in [6.45, 7) is 4.87. The van der Waals surface area contributed by atoms with Crippen molar-refractivity contribution in [3.05, 3.63) is 12.2 Å². The third kappa shape index (κ3) is 44.0. The SMILES string of the molecule is CCCCCCCCC/C=C/C(O)C(CO)NC(=O)CCCCCCCCCCCCCCCCCCCCCOC(=O)CCCCCCCCCCCCCC. The van der Waals surface area contributed by atoms with Gasteiger partial charge in [0.2, 0.25) is 5.91 Å². The van der Waals surface area contributed by atoms with Gasteiger partial charge in [0.1, 0.15) is 0 Å². The Morgan fingerprint density at radius 1 is 0.474 bits per heavy atom. The number of aliphatic hydroxyl groups is 2. The maximum Gasteiger partial charge on any atom is 0.305 e. The van der Waals surface area contributed by atoms with Crippen LogP contribution in [0.25, 0.3) is 0 Å². The molecule has 6 heteroatoms. The van der Waals surface area contributed by atoms with Crippen LogP contribution in [0.2, 0.25) is 0 Å². The molecule has 338 valence electrons. The van der Waals surface area contributed by atoms with Gasteiger partial charge < -0.3 is 20.3 Å². The summed E-state index contributed by atoms with van der Waals surface area (Å²) < 4.78 is 5.46. The molecular weight excluding hydrogens is 707 g/mol. The van der Waals surface area contributed by atoms with Crippen LogP contribution in [0.15, 0.2) is 12.2 Å². The van der Waals surface area contributed by atoms with E-state index in [2.05, 4.69) is 19.2 Å². The fourth-order valence-corrected chi connectivity index (χ4v) is 7.87. The van der Waals surface area contributed by atoms with Crippen LogP contribution in [0.3, 0.4) is 0 Å². The summed E-state index contributed by atoms with van der Waals surface area (Å²) in [7, 11) is 0. The summed E-state index contributed by atoms with van der Waals surface area (Å²) in [5.41, 5.74) is 0. The second-order valence-corrected chi connectivity index (χ2v) is 17.5. The first kappa shape index (κ1) is 55.6. The average Bonchev–Trinajstić information content (AvgIpc) is 3.21. The molecule has 57 heavy (non-hydrogen) atoms. The van der Waals surface area contributed by atoms with Crippen molar-refractivity contribution in [3.63, 3.8) is 0 Å². The van der Waals surface area contributed by atoms with Gasteiger partial charge >= 0.3 is 5.97 Å². The molecule has 1 amide bonds. The van der Waals surface area contributed by atoms with Gasteiger partial charge in [-0.3, -0.25) is 9.59 Å². The second-order valence-electron chi connectivity index (χ2n) is 17.5. The van der Waals surface area contributed by atoms with Crippen LogP contribution in [-0.4, -0.2) is 47.4 Å². The predicted octanol–water partition coefficient (Wildman–Crippen LogP) is 15.0. The monoisotopic (exact) mass is 806 g/mol. The Balaban J connectivity index is 3.38. The zero-order valence-electron chi connectivity index (χ0n) is 38.3. The molecular formula is C51H99NO5. The summed E-state index contributed by atoms with van der Waals surface area (Å²) in [5, 5.41) is 22.9. The fraction of sp³-hybridized carbons (Fsp3) is 0.922. The van der Waals surface area contributed by atoms with Gasteiger partial charge in [0.25, 0.3) is 0 Å². The number of unbranched alkanes of at least 4 members (excludes halogenated alkanes) is 36. The number of allylic oxidation sites excluding steroid dienone is 1. The van der Waals surface area contributed by atoms with Crippen LogP contribution in [0.5, 0.6) is 0 Å². The maximum atomic E-state index is 12.4. The first-order chi connectivity index (χ1) is 28.0. The standard InChI is InChI=1S/C51H99NO5/c1-3-5-7-9-11-13-14-25-29-33-37-41-45-51(56)57-46-42-38-34-30-26-23-21-19-17-15-16-18-20-22-24-28-32-36-40-44-50(55)52-48(47-53)49(54)43-39-35-31-27-12-10-8-6-4-2/h39,43,48-49,53-54H,3-38,40-42,44-47H2,1-2H3,(H,52,55)/b43-39+. The molecule has 2 unspecified atom stereocenters. The second kappa shape index (κ2) is 47.3. The molecule has 0 heterocycles. The smallest absolute Gasteiger partial charge is 0.305 e. The van der Waals surface area contributed by atoms with Gasteiger partial charge in [-0.15, -0.1) is 0 Å². The molecule has 0 aromatic rings. The van der Waals surface area contributed by atoms with Crippen LogP contribution < -0.4 is 5.32 Å². The molecule has 0 saturated carbocycles. The van der Waals surface area contributed by atoms with E-state index in [-0.39, 0.29) is 18.5 Å². The molecule has 0 bridgehead atoms. The van der Waals surface area contributed by atoms with Crippen LogP contribution in [-0.2, 0) is 14.3 Å². The van der Waals surface area contributed by atoms with E-state index in [1.807, 2.05) is 6.08 Å². The van der Waals surface area contributed by atoms with E-state index in [0.29, 0.717) is 19.4 Å². The van der Waals surface area contributed by atoms with Crippen LogP contribution >= 0.6 is 0 Å². The third-order valence-corrected chi connectivity index (χ3v) is 11.8. The Hall–Kier alpha value is -1.40. The van der Waals surface area contributed by atoms with Crippen molar-refractivity contribution >= 4 is 11.9 Å².